The van der Waals surface area contributed by atoms with Gasteiger partial charge in [-0.3, -0.25) is 4.79 Å². The number of hydrogen-bond acceptors (Lipinski definition) is 6. The largest absolute Gasteiger partial charge is 0.419 e. The Balaban J connectivity index is 1.78. The number of anilines is 1. The van der Waals surface area contributed by atoms with Crippen molar-refractivity contribution in [3.8, 4) is 0 Å². The average molecular weight is 361 g/mol. The highest BCUT2D eigenvalue weighted by Crippen LogP contribution is 2.28. The number of nitrogens with two attached hydrogens (primary N) is 1. The predicted octanol–water partition coefficient (Wildman–Crippen LogP) is 0.898. The number of rotatable bonds is 6. The lowest BCUT2D eigenvalue weighted by atomic mass is 10.3. The van der Waals surface area contributed by atoms with E-state index in [1.54, 1.807) is 9.80 Å². The van der Waals surface area contributed by atoms with Crippen LogP contribution in [-0.2, 0) is 15.7 Å². The van der Waals surface area contributed by atoms with Crippen LogP contribution in [0.15, 0.2) is 12.4 Å². The van der Waals surface area contributed by atoms with Crippen molar-refractivity contribution < 1.29 is 22.7 Å². The van der Waals surface area contributed by atoms with Crippen molar-refractivity contribution >= 4 is 11.9 Å². The zero-order valence-corrected chi connectivity index (χ0v) is 14.0. The molecular weight excluding hydrogens is 339 g/mol. The molecule has 2 heterocycles. The number of amides is 1. The van der Waals surface area contributed by atoms with E-state index in [0.717, 1.165) is 12.4 Å². The van der Waals surface area contributed by atoms with Crippen molar-refractivity contribution in [1.82, 2.24) is 14.9 Å². The van der Waals surface area contributed by atoms with E-state index in [4.69, 9.17) is 10.5 Å². The van der Waals surface area contributed by atoms with E-state index in [9.17, 15) is 18.0 Å². The van der Waals surface area contributed by atoms with Crippen LogP contribution in [0.4, 0.5) is 19.1 Å². The molecule has 1 atom stereocenters. The minimum Gasteiger partial charge on any atom is -0.379 e. The molecule has 1 saturated heterocycles. The Labute approximate surface area is 144 Å². The van der Waals surface area contributed by atoms with Crippen molar-refractivity contribution in [3.63, 3.8) is 0 Å². The van der Waals surface area contributed by atoms with Gasteiger partial charge < -0.3 is 20.3 Å². The SMILES string of the molecule is CC(N)COCCC(=O)N1CCN(c2ncc(C(F)(F)F)cn2)CC1. The highest BCUT2D eigenvalue weighted by atomic mass is 19.4. The molecule has 1 amide bonds. The van der Waals surface area contributed by atoms with Crippen LogP contribution in [0.3, 0.4) is 0 Å². The molecule has 1 fully saturated rings. The number of aromatic nitrogens is 2. The molecule has 2 rings (SSSR count). The minimum absolute atomic E-state index is 0.0161. The van der Waals surface area contributed by atoms with Gasteiger partial charge in [-0.05, 0) is 6.92 Å². The first-order chi connectivity index (χ1) is 11.8. The summed E-state index contributed by atoms with van der Waals surface area (Å²) < 4.78 is 42.8. The molecule has 0 spiro atoms. The van der Waals surface area contributed by atoms with E-state index in [1.165, 1.54) is 0 Å². The number of halogens is 3. The molecule has 0 aromatic carbocycles. The van der Waals surface area contributed by atoms with E-state index in [2.05, 4.69) is 9.97 Å². The summed E-state index contributed by atoms with van der Waals surface area (Å²) in [6.45, 7) is 4.43. The van der Waals surface area contributed by atoms with Gasteiger partial charge in [0.15, 0.2) is 0 Å². The zero-order chi connectivity index (χ0) is 18.4. The van der Waals surface area contributed by atoms with Gasteiger partial charge in [0.25, 0.3) is 0 Å². The Morgan fingerprint density at radius 3 is 2.40 bits per heavy atom. The van der Waals surface area contributed by atoms with Gasteiger partial charge >= 0.3 is 6.18 Å². The number of carbonyl (C=O) groups excluding carboxylic acids is 1. The first kappa shape index (κ1) is 19.4. The van der Waals surface area contributed by atoms with Gasteiger partial charge in [-0.15, -0.1) is 0 Å². The number of nitrogens with zero attached hydrogens (tertiary/aromatic N) is 4. The molecule has 140 valence electrons. The molecule has 25 heavy (non-hydrogen) atoms. The summed E-state index contributed by atoms with van der Waals surface area (Å²) in [6, 6.07) is -0.0672. The summed E-state index contributed by atoms with van der Waals surface area (Å²) >= 11 is 0. The van der Waals surface area contributed by atoms with Gasteiger partial charge in [-0.1, -0.05) is 0 Å². The lowest BCUT2D eigenvalue weighted by molar-refractivity contribution is -0.138. The summed E-state index contributed by atoms with van der Waals surface area (Å²) in [5, 5.41) is 0. The van der Waals surface area contributed by atoms with Crippen molar-refractivity contribution in [2.45, 2.75) is 25.6 Å². The van der Waals surface area contributed by atoms with E-state index >= 15 is 0 Å². The molecule has 10 heteroatoms. The molecule has 0 radical (unpaired) electrons. The summed E-state index contributed by atoms with van der Waals surface area (Å²) in [5.74, 6) is 0.220. The van der Waals surface area contributed by atoms with Crippen LogP contribution in [0.2, 0.25) is 0 Å². The monoisotopic (exact) mass is 361 g/mol. The summed E-state index contributed by atoms with van der Waals surface area (Å²) in [7, 11) is 0. The third kappa shape index (κ3) is 5.82. The molecule has 0 aliphatic carbocycles. The molecule has 1 aromatic heterocycles. The van der Waals surface area contributed by atoms with Crippen LogP contribution < -0.4 is 10.6 Å². The van der Waals surface area contributed by atoms with Gasteiger partial charge in [-0.25, -0.2) is 9.97 Å². The van der Waals surface area contributed by atoms with Gasteiger partial charge in [0.1, 0.15) is 0 Å². The standard InChI is InChI=1S/C15H22F3N5O2/c1-11(19)10-25-7-2-13(24)22-3-5-23(6-4-22)14-20-8-12(9-21-14)15(16,17)18/h8-9,11H,2-7,10,19H2,1H3. The third-order valence-corrected chi connectivity index (χ3v) is 3.72. The maximum atomic E-state index is 12.5. The van der Waals surface area contributed by atoms with E-state index in [1.807, 2.05) is 6.92 Å². The Kier molecular flexibility index (Phi) is 6.54. The van der Waals surface area contributed by atoms with Gasteiger partial charge in [0.2, 0.25) is 11.9 Å². The van der Waals surface area contributed by atoms with Crippen molar-refractivity contribution in [2.24, 2.45) is 5.73 Å². The van der Waals surface area contributed by atoms with Crippen molar-refractivity contribution in [3.05, 3.63) is 18.0 Å². The Morgan fingerprint density at radius 1 is 1.28 bits per heavy atom. The number of piperazine rings is 1. The van der Waals surface area contributed by atoms with Gasteiger partial charge in [0.05, 0.1) is 25.2 Å². The van der Waals surface area contributed by atoms with E-state index in [-0.39, 0.29) is 24.3 Å². The molecule has 1 aromatic rings. The summed E-state index contributed by atoms with van der Waals surface area (Å²) in [5.41, 5.74) is 4.68. The molecule has 1 aliphatic rings. The first-order valence-corrected chi connectivity index (χ1v) is 8.02. The lowest BCUT2D eigenvalue weighted by Crippen LogP contribution is -2.49. The second-order valence-electron chi connectivity index (χ2n) is 5.94. The highest BCUT2D eigenvalue weighted by molar-refractivity contribution is 5.76. The molecule has 2 N–H and O–H groups in total. The van der Waals surface area contributed by atoms with Crippen LogP contribution in [0, 0.1) is 0 Å². The van der Waals surface area contributed by atoms with Crippen molar-refractivity contribution in [1.29, 1.82) is 0 Å². The van der Waals surface area contributed by atoms with Crippen LogP contribution in [0.5, 0.6) is 0 Å². The molecule has 1 aliphatic heterocycles. The van der Waals surface area contributed by atoms with E-state index in [0.29, 0.717) is 39.4 Å². The normalized spacial score (nSPS) is 16.8. The highest BCUT2D eigenvalue weighted by Gasteiger charge is 2.32. The summed E-state index contributed by atoms with van der Waals surface area (Å²) in [4.78, 5) is 23.1. The summed E-state index contributed by atoms with van der Waals surface area (Å²) in [6.07, 6.45) is -2.62. The fourth-order valence-electron chi connectivity index (χ4n) is 2.37. The maximum Gasteiger partial charge on any atom is 0.419 e. The topological polar surface area (TPSA) is 84.6 Å². The molecule has 0 bridgehead atoms. The quantitative estimate of drug-likeness (QED) is 0.758. The number of ether oxygens (including phenoxy) is 1. The lowest BCUT2D eigenvalue weighted by Gasteiger charge is -2.34. The third-order valence-electron chi connectivity index (χ3n) is 3.72. The Hall–Kier alpha value is -1.94. The first-order valence-electron chi connectivity index (χ1n) is 8.02. The second-order valence-corrected chi connectivity index (χ2v) is 5.94. The van der Waals surface area contributed by atoms with Crippen molar-refractivity contribution in [2.75, 3.05) is 44.3 Å². The predicted molar refractivity (Wildman–Crippen MR) is 84.9 cm³/mol. The molecule has 0 saturated carbocycles. The molecule has 1 unspecified atom stereocenters. The van der Waals surface area contributed by atoms with Gasteiger partial charge in [0, 0.05) is 44.6 Å². The van der Waals surface area contributed by atoms with Crippen LogP contribution >= 0.6 is 0 Å². The van der Waals surface area contributed by atoms with Crippen LogP contribution in [0.1, 0.15) is 18.9 Å². The average Bonchev–Trinajstić information content (AvgIpc) is 2.58. The minimum atomic E-state index is -4.45. The smallest absolute Gasteiger partial charge is 0.379 e. The fourth-order valence-corrected chi connectivity index (χ4v) is 2.37. The van der Waals surface area contributed by atoms with Crippen LogP contribution in [0.25, 0.3) is 0 Å². The Bertz CT molecular complexity index is 557. The zero-order valence-electron chi connectivity index (χ0n) is 14.0. The Morgan fingerprint density at radius 2 is 1.88 bits per heavy atom. The fraction of sp³-hybridized carbons (Fsp3) is 0.667. The molecular formula is C15H22F3N5O2. The van der Waals surface area contributed by atoms with E-state index < -0.39 is 11.7 Å². The maximum absolute atomic E-state index is 12.5. The number of carbonyl (C=O) groups is 1. The molecule has 7 nitrogen and oxygen atoms in total. The van der Waals surface area contributed by atoms with Crippen LogP contribution in [-0.4, -0.2) is 66.2 Å². The van der Waals surface area contributed by atoms with Gasteiger partial charge in [-0.2, -0.15) is 13.2 Å². The second kappa shape index (κ2) is 8.43. The number of alkyl halides is 3. The number of hydrogen-bond donors (Lipinski definition) is 1.